The van der Waals surface area contributed by atoms with Crippen molar-refractivity contribution >= 4 is 0 Å². The van der Waals surface area contributed by atoms with Gasteiger partial charge in [-0.1, -0.05) is 0 Å². The number of aryl methyl sites for hydroxylation is 1. The van der Waals surface area contributed by atoms with Crippen LogP contribution in [0.4, 0.5) is 0 Å². The summed E-state index contributed by atoms with van der Waals surface area (Å²) in [6.07, 6.45) is 5.59. The van der Waals surface area contributed by atoms with Gasteiger partial charge in [-0.3, -0.25) is 0 Å². The van der Waals surface area contributed by atoms with Gasteiger partial charge in [-0.2, -0.15) is 0 Å². The Bertz CT molecular complexity index is 473. The Balaban J connectivity index is 2.00. The number of rotatable bonds is 2. The van der Waals surface area contributed by atoms with Crippen LogP contribution >= 0.6 is 0 Å². The van der Waals surface area contributed by atoms with E-state index in [1.807, 2.05) is 18.3 Å². The van der Waals surface area contributed by atoms with Crippen molar-refractivity contribution in [1.29, 1.82) is 0 Å². The zero-order valence-electron chi connectivity index (χ0n) is 8.97. The highest BCUT2D eigenvalue weighted by molar-refractivity contribution is 5.48. The lowest BCUT2D eigenvalue weighted by Gasteiger charge is -2.23. The minimum atomic E-state index is 0.245. The van der Waals surface area contributed by atoms with Gasteiger partial charge in [-0.25, -0.2) is 4.98 Å². The lowest BCUT2D eigenvalue weighted by atomic mass is 9.99. The zero-order valence-corrected chi connectivity index (χ0v) is 8.97. The molecule has 3 rings (SSSR count). The van der Waals surface area contributed by atoms with Crippen molar-refractivity contribution < 1.29 is 9.52 Å². The molecule has 0 fully saturated rings. The summed E-state index contributed by atoms with van der Waals surface area (Å²) in [7, 11) is 0. The Morgan fingerprint density at radius 1 is 1.56 bits per heavy atom. The van der Waals surface area contributed by atoms with E-state index in [4.69, 9.17) is 4.42 Å². The fraction of sp³-hybridized carbons (Fsp3) is 0.417. The molecule has 1 N–H and O–H groups in total. The maximum atomic E-state index is 9.22. The van der Waals surface area contributed by atoms with E-state index in [2.05, 4.69) is 9.55 Å². The first-order valence-corrected chi connectivity index (χ1v) is 5.57. The first-order chi connectivity index (χ1) is 7.88. The van der Waals surface area contributed by atoms with Crippen LogP contribution in [0.15, 0.2) is 29.0 Å². The first-order valence-electron chi connectivity index (χ1n) is 5.57. The van der Waals surface area contributed by atoms with Crippen molar-refractivity contribution in [2.75, 3.05) is 6.61 Å². The van der Waals surface area contributed by atoms with Crippen molar-refractivity contribution in [3.63, 3.8) is 0 Å². The second-order valence-electron chi connectivity index (χ2n) is 4.25. The lowest BCUT2D eigenvalue weighted by molar-refractivity contribution is 0.192. The topological polar surface area (TPSA) is 51.2 Å². The van der Waals surface area contributed by atoms with Crippen LogP contribution in [0.2, 0.25) is 0 Å². The van der Waals surface area contributed by atoms with Gasteiger partial charge < -0.3 is 14.1 Å². The van der Waals surface area contributed by atoms with Crippen LogP contribution in [0.1, 0.15) is 12.1 Å². The predicted octanol–water partition coefficient (Wildman–Crippen LogP) is 1.70. The molecule has 4 nitrogen and oxygen atoms in total. The van der Waals surface area contributed by atoms with Gasteiger partial charge in [-0.05, 0) is 25.0 Å². The molecule has 1 aliphatic rings. The van der Waals surface area contributed by atoms with Gasteiger partial charge in [0.1, 0.15) is 0 Å². The molecule has 0 bridgehead atoms. The molecule has 1 atom stereocenters. The number of aliphatic hydroxyl groups is 1. The molecule has 0 aromatic carbocycles. The van der Waals surface area contributed by atoms with Crippen LogP contribution in [-0.4, -0.2) is 21.3 Å². The molecule has 2 aromatic rings. The van der Waals surface area contributed by atoms with Gasteiger partial charge in [0, 0.05) is 31.0 Å². The average Bonchev–Trinajstić information content (AvgIpc) is 2.96. The largest absolute Gasteiger partial charge is 0.461 e. The van der Waals surface area contributed by atoms with E-state index < -0.39 is 0 Å². The SMILES string of the molecule is OCC1CCc2cnc(-c3ccco3)n2C1. The van der Waals surface area contributed by atoms with Crippen LogP contribution in [0.3, 0.4) is 0 Å². The summed E-state index contributed by atoms with van der Waals surface area (Å²) >= 11 is 0. The molecular weight excluding hydrogens is 204 g/mol. The minimum absolute atomic E-state index is 0.245. The molecule has 1 unspecified atom stereocenters. The highest BCUT2D eigenvalue weighted by atomic mass is 16.3. The third-order valence-electron chi connectivity index (χ3n) is 3.19. The molecule has 0 radical (unpaired) electrons. The van der Waals surface area contributed by atoms with Crippen LogP contribution in [0.5, 0.6) is 0 Å². The highest BCUT2D eigenvalue weighted by Crippen LogP contribution is 2.26. The van der Waals surface area contributed by atoms with Gasteiger partial charge in [0.05, 0.1) is 6.26 Å². The molecule has 0 spiro atoms. The summed E-state index contributed by atoms with van der Waals surface area (Å²) in [6, 6.07) is 3.78. The Hall–Kier alpha value is -1.55. The molecule has 0 aliphatic carbocycles. The second-order valence-corrected chi connectivity index (χ2v) is 4.25. The summed E-state index contributed by atoms with van der Waals surface area (Å²) in [6.45, 7) is 1.08. The fourth-order valence-electron chi connectivity index (χ4n) is 2.27. The maximum absolute atomic E-state index is 9.22. The molecule has 3 heterocycles. The smallest absolute Gasteiger partial charge is 0.176 e. The molecule has 4 heteroatoms. The summed E-state index contributed by atoms with van der Waals surface area (Å²) < 4.78 is 7.52. The van der Waals surface area contributed by atoms with E-state index in [-0.39, 0.29) is 6.61 Å². The standard InChI is InChI=1S/C12H14N2O2/c15-8-9-3-4-10-6-13-12(14(10)7-9)11-2-1-5-16-11/h1-2,5-6,9,15H,3-4,7-8H2. The number of furan rings is 1. The van der Waals surface area contributed by atoms with Crippen LogP contribution in [-0.2, 0) is 13.0 Å². The molecule has 16 heavy (non-hydrogen) atoms. The van der Waals surface area contributed by atoms with Crippen LogP contribution in [0, 0.1) is 5.92 Å². The highest BCUT2D eigenvalue weighted by Gasteiger charge is 2.22. The Morgan fingerprint density at radius 3 is 3.25 bits per heavy atom. The van der Waals surface area contributed by atoms with E-state index >= 15 is 0 Å². The summed E-state index contributed by atoms with van der Waals surface area (Å²) in [5.74, 6) is 2.01. The molecule has 84 valence electrons. The number of nitrogens with zero attached hydrogens (tertiary/aromatic N) is 2. The van der Waals surface area contributed by atoms with E-state index in [9.17, 15) is 5.11 Å². The van der Waals surface area contributed by atoms with E-state index in [1.165, 1.54) is 5.69 Å². The Kier molecular flexibility index (Phi) is 2.29. The predicted molar refractivity (Wildman–Crippen MR) is 58.8 cm³/mol. The Morgan fingerprint density at radius 2 is 2.50 bits per heavy atom. The quantitative estimate of drug-likeness (QED) is 0.834. The minimum Gasteiger partial charge on any atom is -0.461 e. The third kappa shape index (κ3) is 1.46. The van der Waals surface area contributed by atoms with Crippen molar-refractivity contribution in [1.82, 2.24) is 9.55 Å². The monoisotopic (exact) mass is 218 g/mol. The van der Waals surface area contributed by atoms with E-state index in [0.717, 1.165) is 31.0 Å². The molecular formula is C12H14N2O2. The van der Waals surface area contributed by atoms with Gasteiger partial charge in [0.15, 0.2) is 11.6 Å². The van der Waals surface area contributed by atoms with Crippen molar-refractivity contribution in [2.24, 2.45) is 5.92 Å². The van der Waals surface area contributed by atoms with Crippen molar-refractivity contribution in [3.05, 3.63) is 30.3 Å². The lowest BCUT2D eigenvalue weighted by Crippen LogP contribution is -2.22. The average molecular weight is 218 g/mol. The molecule has 0 saturated heterocycles. The molecule has 1 aliphatic heterocycles. The fourth-order valence-corrected chi connectivity index (χ4v) is 2.27. The van der Waals surface area contributed by atoms with E-state index in [1.54, 1.807) is 6.26 Å². The van der Waals surface area contributed by atoms with Gasteiger partial charge in [0.2, 0.25) is 0 Å². The molecule has 0 saturated carbocycles. The Labute approximate surface area is 93.5 Å². The van der Waals surface area contributed by atoms with E-state index in [0.29, 0.717) is 5.92 Å². The molecule has 0 amide bonds. The summed E-state index contributed by atoms with van der Waals surface area (Å²) in [5, 5.41) is 9.22. The number of aliphatic hydroxyl groups excluding tert-OH is 1. The summed E-state index contributed by atoms with van der Waals surface area (Å²) in [4.78, 5) is 4.40. The summed E-state index contributed by atoms with van der Waals surface area (Å²) in [5.41, 5.74) is 1.23. The second kappa shape index (κ2) is 3.79. The number of fused-ring (bicyclic) bond motifs is 1. The number of hydrogen-bond acceptors (Lipinski definition) is 3. The number of imidazole rings is 1. The number of hydrogen-bond donors (Lipinski definition) is 1. The van der Waals surface area contributed by atoms with Gasteiger partial charge >= 0.3 is 0 Å². The van der Waals surface area contributed by atoms with Crippen molar-refractivity contribution in [3.8, 4) is 11.6 Å². The van der Waals surface area contributed by atoms with Crippen LogP contribution < -0.4 is 0 Å². The van der Waals surface area contributed by atoms with Gasteiger partial charge in [-0.15, -0.1) is 0 Å². The maximum Gasteiger partial charge on any atom is 0.176 e. The zero-order chi connectivity index (χ0) is 11.0. The number of aromatic nitrogens is 2. The first kappa shape index (κ1) is 9.66. The van der Waals surface area contributed by atoms with Gasteiger partial charge in [0.25, 0.3) is 0 Å². The van der Waals surface area contributed by atoms with Crippen LogP contribution in [0.25, 0.3) is 11.6 Å². The molecule has 2 aromatic heterocycles. The normalized spacial score (nSPS) is 19.7. The third-order valence-corrected chi connectivity index (χ3v) is 3.19. The van der Waals surface area contributed by atoms with Crippen molar-refractivity contribution in [2.45, 2.75) is 19.4 Å².